The maximum absolute atomic E-state index is 2.44. The minimum Gasteiger partial charge on any atom is -0.309 e. The Morgan fingerprint density at radius 1 is 0.455 bits per heavy atom. The van der Waals surface area contributed by atoms with Gasteiger partial charge in [0.1, 0.15) is 0 Å². The number of hydrogen-bond acceptors (Lipinski definition) is 0. The molecule has 0 aliphatic heterocycles. The molecule has 210 valence electrons. The van der Waals surface area contributed by atoms with Crippen LogP contribution in [-0.2, 0) is 6.42 Å². The summed E-state index contributed by atoms with van der Waals surface area (Å²) in [6, 6.07) is 55.7. The molecule has 1 heterocycles. The van der Waals surface area contributed by atoms with Crippen LogP contribution in [0.4, 0.5) is 0 Å². The number of nitrogens with zero attached hydrogens (tertiary/aromatic N) is 1. The molecule has 1 aromatic heterocycles. The molecule has 0 aliphatic rings. The summed E-state index contributed by atoms with van der Waals surface area (Å²) in [4.78, 5) is 0. The standard InChI is InChI=1S/C43H33N/c1-3-30-12-6-7-15-36(30)39-27-33(21-20-29(39)2)34-24-25-43-40(28-34)38-17-9-11-19-42(38)44(43)41-18-10-8-16-37(41)35-23-22-31-13-4-5-14-32(31)26-35/h4-28H,3H2,1-2H3. The first-order valence-corrected chi connectivity index (χ1v) is 15.5. The summed E-state index contributed by atoms with van der Waals surface area (Å²) < 4.78 is 2.44. The maximum Gasteiger partial charge on any atom is 0.0541 e. The summed E-state index contributed by atoms with van der Waals surface area (Å²) in [7, 11) is 0. The third-order valence-electron chi connectivity index (χ3n) is 9.14. The third kappa shape index (κ3) is 4.32. The van der Waals surface area contributed by atoms with Crippen LogP contribution in [0.15, 0.2) is 152 Å². The molecule has 0 radical (unpaired) electrons. The van der Waals surface area contributed by atoms with Gasteiger partial charge in [-0.2, -0.15) is 0 Å². The second-order valence-corrected chi connectivity index (χ2v) is 11.7. The van der Waals surface area contributed by atoms with Crippen LogP contribution in [0.3, 0.4) is 0 Å². The van der Waals surface area contributed by atoms with Crippen molar-refractivity contribution in [2.45, 2.75) is 20.3 Å². The van der Waals surface area contributed by atoms with Gasteiger partial charge in [0.2, 0.25) is 0 Å². The van der Waals surface area contributed by atoms with Crippen molar-refractivity contribution < 1.29 is 0 Å². The Morgan fingerprint density at radius 2 is 1.11 bits per heavy atom. The van der Waals surface area contributed by atoms with E-state index in [2.05, 4.69) is 170 Å². The van der Waals surface area contributed by atoms with Gasteiger partial charge in [0.05, 0.1) is 16.7 Å². The van der Waals surface area contributed by atoms with Gasteiger partial charge in [-0.25, -0.2) is 0 Å². The van der Waals surface area contributed by atoms with Crippen molar-refractivity contribution in [3.63, 3.8) is 0 Å². The summed E-state index contributed by atoms with van der Waals surface area (Å²) in [5, 5.41) is 5.05. The highest BCUT2D eigenvalue weighted by Crippen LogP contribution is 2.39. The quantitative estimate of drug-likeness (QED) is 0.196. The first-order chi connectivity index (χ1) is 21.7. The van der Waals surface area contributed by atoms with E-state index in [9.17, 15) is 0 Å². The van der Waals surface area contributed by atoms with Gasteiger partial charge in [0.15, 0.2) is 0 Å². The van der Waals surface area contributed by atoms with Gasteiger partial charge in [-0.1, -0.05) is 122 Å². The molecule has 0 N–H and O–H groups in total. The van der Waals surface area contributed by atoms with E-state index in [1.807, 2.05) is 0 Å². The lowest BCUT2D eigenvalue weighted by molar-refractivity contribution is 1.14. The van der Waals surface area contributed by atoms with Gasteiger partial charge in [-0.05, 0) is 99.5 Å². The van der Waals surface area contributed by atoms with Crippen LogP contribution >= 0.6 is 0 Å². The van der Waals surface area contributed by atoms with E-state index in [-0.39, 0.29) is 0 Å². The Hall–Kier alpha value is -5.40. The van der Waals surface area contributed by atoms with Crippen LogP contribution in [0.2, 0.25) is 0 Å². The van der Waals surface area contributed by atoms with E-state index < -0.39 is 0 Å². The van der Waals surface area contributed by atoms with Gasteiger partial charge < -0.3 is 4.57 Å². The average Bonchev–Trinajstić information content (AvgIpc) is 3.42. The second-order valence-electron chi connectivity index (χ2n) is 11.7. The van der Waals surface area contributed by atoms with Crippen molar-refractivity contribution in [3.05, 3.63) is 163 Å². The van der Waals surface area contributed by atoms with E-state index in [0.29, 0.717) is 0 Å². The largest absolute Gasteiger partial charge is 0.309 e. The molecule has 0 unspecified atom stereocenters. The second kappa shape index (κ2) is 10.7. The summed E-state index contributed by atoms with van der Waals surface area (Å²) in [6.07, 6.45) is 1.02. The number of fused-ring (bicyclic) bond motifs is 4. The predicted molar refractivity (Wildman–Crippen MR) is 189 cm³/mol. The molecule has 0 amide bonds. The lowest BCUT2D eigenvalue weighted by atomic mass is 9.91. The maximum atomic E-state index is 2.44. The molecule has 0 saturated carbocycles. The topological polar surface area (TPSA) is 4.93 Å². The summed E-state index contributed by atoms with van der Waals surface area (Å²) in [5.41, 5.74) is 13.9. The summed E-state index contributed by atoms with van der Waals surface area (Å²) >= 11 is 0. The van der Waals surface area contributed by atoms with E-state index >= 15 is 0 Å². The number of hydrogen-bond donors (Lipinski definition) is 0. The molecule has 7 aromatic carbocycles. The fourth-order valence-electron chi connectivity index (χ4n) is 6.86. The highest BCUT2D eigenvalue weighted by Gasteiger charge is 2.17. The number of aromatic nitrogens is 1. The Kier molecular flexibility index (Phi) is 6.38. The molecular formula is C43H33N. The van der Waals surface area contributed by atoms with Crippen molar-refractivity contribution in [1.82, 2.24) is 4.57 Å². The fraction of sp³-hybridized carbons (Fsp3) is 0.0698. The first kappa shape index (κ1) is 26.2. The van der Waals surface area contributed by atoms with Crippen LogP contribution in [0.25, 0.3) is 71.6 Å². The molecule has 0 saturated heterocycles. The molecule has 0 aliphatic carbocycles. The van der Waals surface area contributed by atoms with E-state index in [1.165, 1.54) is 82.8 Å². The van der Waals surface area contributed by atoms with Crippen LogP contribution in [0.1, 0.15) is 18.1 Å². The molecule has 8 rings (SSSR count). The van der Waals surface area contributed by atoms with Crippen LogP contribution in [0.5, 0.6) is 0 Å². The molecule has 44 heavy (non-hydrogen) atoms. The Balaban J connectivity index is 1.31. The zero-order valence-electron chi connectivity index (χ0n) is 25.1. The highest BCUT2D eigenvalue weighted by molar-refractivity contribution is 6.11. The zero-order chi connectivity index (χ0) is 29.6. The molecule has 8 aromatic rings. The zero-order valence-corrected chi connectivity index (χ0v) is 25.1. The summed E-state index contributed by atoms with van der Waals surface area (Å²) in [6.45, 7) is 4.45. The number of aryl methyl sites for hydroxylation is 2. The minimum absolute atomic E-state index is 1.02. The van der Waals surface area contributed by atoms with Gasteiger partial charge in [0, 0.05) is 16.3 Å². The number of benzene rings is 7. The minimum atomic E-state index is 1.02. The van der Waals surface area contributed by atoms with Gasteiger partial charge >= 0.3 is 0 Å². The van der Waals surface area contributed by atoms with Gasteiger partial charge in [0.25, 0.3) is 0 Å². The van der Waals surface area contributed by atoms with E-state index in [0.717, 1.165) is 6.42 Å². The SMILES string of the molecule is CCc1ccccc1-c1cc(-c2ccc3c(c2)c2ccccc2n3-c2ccccc2-c2ccc3ccccc3c2)ccc1C. The van der Waals surface area contributed by atoms with Crippen molar-refractivity contribution in [2.75, 3.05) is 0 Å². The molecule has 1 nitrogen and oxygen atoms in total. The Morgan fingerprint density at radius 3 is 2.00 bits per heavy atom. The number of rotatable bonds is 5. The average molecular weight is 564 g/mol. The Bertz CT molecular complexity index is 2330. The van der Waals surface area contributed by atoms with E-state index in [4.69, 9.17) is 0 Å². The first-order valence-electron chi connectivity index (χ1n) is 15.5. The van der Waals surface area contributed by atoms with E-state index in [1.54, 1.807) is 0 Å². The van der Waals surface area contributed by atoms with Crippen LogP contribution in [0, 0.1) is 6.92 Å². The van der Waals surface area contributed by atoms with Gasteiger partial charge in [-0.15, -0.1) is 0 Å². The summed E-state index contributed by atoms with van der Waals surface area (Å²) in [5.74, 6) is 0. The fourth-order valence-corrected chi connectivity index (χ4v) is 6.86. The molecule has 1 heteroatoms. The van der Waals surface area contributed by atoms with Crippen molar-refractivity contribution in [3.8, 4) is 39.1 Å². The molecule has 0 fully saturated rings. The van der Waals surface area contributed by atoms with Crippen LogP contribution < -0.4 is 0 Å². The number of para-hydroxylation sites is 2. The lowest BCUT2D eigenvalue weighted by Gasteiger charge is -2.15. The van der Waals surface area contributed by atoms with Crippen molar-refractivity contribution in [1.29, 1.82) is 0 Å². The normalized spacial score (nSPS) is 11.5. The highest BCUT2D eigenvalue weighted by atomic mass is 15.0. The van der Waals surface area contributed by atoms with Crippen molar-refractivity contribution >= 4 is 32.6 Å². The molecule has 0 atom stereocenters. The van der Waals surface area contributed by atoms with Crippen LogP contribution in [-0.4, -0.2) is 4.57 Å². The predicted octanol–water partition coefficient (Wildman–Crippen LogP) is 11.8. The molecular weight excluding hydrogens is 530 g/mol. The lowest BCUT2D eigenvalue weighted by Crippen LogP contribution is -1.97. The van der Waals surface area contributed by atoms with Crippen molar-refractivity contribution in [2.24, 2.45) is 0 Å². The van der Waals surface area contributed by atoms with Gasteiger partial charge in [-0.3, -0.25) is 0 Å². The monoisotopic (exact) mass is 563 g/mol. The molecule has 0 spiro atoms. The Labute approximate surface area is 258 Å². The third-order valence-corrected chi connectivity index (χ3v) is 9.14. The smallest absolute Gasteiger partial charge is 0.0541 e. The molecule has 0 bridgehead atoms.